The number of ether oxygens (including phenoxy) is 1. The summed E-state index contributed by atoms with van der Waals surface area (Å²) in [4.78, 5) is 11.4. The number of nitro benzene ring substituents is 1. The van der Waals surface area contributed by atoms with Crippen LogP contribution in [0.3, 0.4) is 0 Å². The fourth-order valence-corrected chi connectivity index (χ4v) is 3.25. The third-order valence-electron chi connectivity index (χ3n) is 2.14. The van der Waals surface area contributed by atoms with E-state index in [0.717, 1.165) is 8.66 Å². The van der Waals surface area contributed by atoms with Crippen LogP contribution >= 0.6 is 43.2 Å². The molecule has 2 rings (SSSR count). The number of hydrogen-bond donors (Lipinski definition) is 0. The van der Waals surface area contributed by atoms with Crippen LogP contribution in [0.4, 0.5) is 5.69 Å². The normalized spacial score (nSPS) is 10.3. The van der Waals surface area contributed by atoms with Crippen molar-refractivity contribution in [3.05, 3.63) is 53.6 Å². The number of benzene rings is 1. The van der Waals surface area contributed by atoms with Gasteiger partial charge in [0.15, 0.2) is 0 Å². The monoisotopic (exact) mass is 391 g/mol. The van der Waals surface area contributed by atoms with E-state index < -0.39 is 4.92 Å². The molecule has 0 fully saturated rings. The van der Waals surface area contributed by atoms with E-state index in [1.54, 1.807) is 23.5 Å². The van der Waals surface area contributed by atoms with Crippen molar-refractivity contribution >= 4 is 48.9 Å². The Kier molecular flexibility index (Phi) is 4.36. The molecule has 1 heterocycles. The second-order valence-corrected chi connectivity index (χ2v) is 6.68. The van der Waals surface area contributed by atoms with Gasteiger partial charge in [-0.25, -0.2) is 0 Å². The summed E-state index contributed by atoms with van der Waals surface area (Å²) in [6, 6.07) is 8.60. The summed E-state index contributed by atoms with van der Waals surface area (Å²) in [6.07, 6.45) is 0. The van der Waals surface area contributed by atoms with Crippen molar-refractivity contribution in [1.29, 1.82) is 0 Å². The highest BCUT2D eigenvalue weighted by Crippen LogP contribution is 2.34. The zero-order valence-electron chi connectivity index (χ0n) is 8.93. The first-order valence-corrected chi connectivity index (χ1v) is 7.28. The van der Waals surface area contributed by atoms with Crippen LogP contribution in [-0.2, 0) is 6.61 Å². The maximum Gasteiger partial charge on any atom is 0.287 e. The van der Waals surface area contributed by atoms with Crippen LogP contribution in [0.25, 0.3) is 0 Å². The van der Waals surface area contributed by atoms with E-state index in [0.29, 0.717) is 16.8 Å². The molecule has 0 saturated carbocycles. The molecule has 0 radical (unpaired) electrons. The number of rotatable bonds is 4. The van der Waals surface area contributed by atoms with Crippen molar-refractivity contribution in [2.24, 2.45) is 0 Å². The first kappa shape index (κ1) is 13.5. The van der Waals surface area contributed by atoms with Gasteiger partial charge in [0.1, 0.15) is 16.8 Å². The number of nitrogens with zero attached hydrogens (tertiary/aromatic N) is 1. The lowest BCUT2D eigenvalue weighted by atomic mass is 10.3. The summed E-state index contributed by atoms with van der Waals surface area (Å²) in [5.74, 6) is 0.466. The Balaban J connectivity index is 2.14. The van der Waals surface area contributed by atoms with Gasteiger partial charge in [-0.05, 0) is 50.1 Å². The molecule has 1 aromatic heterocycles. The molecule has 0 aliphatic rings. The predicted molar refractivity (Wildman–Crippen MR) is 77.1 cm³/mol. The Morgan fingerprint density at radius 1 is 1.28 bits per heavy atom. The van der Waals surface area contributed by atoms with Crippen molar-refractivity contribution in [2.75, 3.05) is 0 Å². The molecule has 0 unspecified atom stereocenters. The standard InChI is InChI=1S/C11H7Br2NO3S/c12-10-5-4-7(18-10)6-17-9-3-1-2-8(11(9)13)14(15)16/h1-5H,6H2. The lowest BCUT2D eigenvalue weighted by Crippen LogP contribution is -1.96. The minimum atomic E-state index is -0.446. The Labute approximate surface area is 124 Å². The molecule has 0 spiro atoms. The lowest BCUT2D eigenvalue weighted by Gasteiger charge is -2.06. The zero-order valence-corrected chi connectivity index (χ0v) is 12.9. The third-order valence-corrected chi connectivity index (χ3v) is 4.53. The SMILES string of the molecule is O=[N+]([O-])c1cccc(OCc2ccc(Br)s2)c1Br. The second kappa shape index (κ2) is 5.81. The summed E-state index contributed by atoms with van der Waals surface area (Å²) >= 11 is 8.12. The molecular formula is C11H7Br2NO3S. The molecule has 0 aliphatic carbocycles. The lowest BCUT2D eigenvalue weighted by molar-refractivity contribution is -0.385. The molecular weight excluding hydrogens is 386 g/mol. The van der Waals surface area contributed by atoms with E-state index in [1.165, 1.54) is 6.07 Å². The first-order valence-electron chi connectivity index (χ1n) is 4.88. The molecule has 4 nitrogen and oxygen atoms in total. The fourth-order valence-electron chi connectivity index (χ4n) is 1.33. The molecule has 0 saturated heterocycles. The maximum absolute atomic E-state index is 10.8. The second-order valence-electron chi connectivity index (χ2n) is 3.34. The number of nitro groups is 1. The minimum Gasteiger partial charge on any atom is -0.487 e. The number of halogens is 2. The smallest absolute Gasteiger partial charge is 0.287 e. The van der Waals surface area contributed by atoms with Crippen molar-refractivity contribution in [3.8, 4) is 5.75 Å². The van der Waals surface area contributed by atoms with E-state index in [1.807, 2.05) is 12.1 Å². The van der Waals surface area contributed by atoms with Crippen molar-refractivity contribution in [2.45, 2.75) is 6.61 Å². The molecule has 7 heteroatoms. The largest absolute Gasteiger partial charge is 0.487 e. The van der Waals surface area contributed by atoms with Crippen molar-refractivity contribution < 1.29 is 9.66 Å². The van der Waals surface area contributed by atoms with E-state index in [9.17, 15) is 10.1 Å². The highest BCUT2D eigenvalue weighted by atomic mass is 79.9. The van der Waals surface area contributed by atoms with Crippen molar-refractivity contribution in [1.82, 2.24) is 0 Å². The van der Waals surface area contributed by atoms with Gasteiger partial charge >= 0.3 is 0 Å². The molecule has 0 N–H and O–H groups in total. The molecule has 0 amide bonds. The van der Waals surface area contributed by atoms with Gasteiger partial charge in [0.25, 0.3) is 5.69 Å². The molecule has 0 atom stereocenters. The Morgan fingerprint density at radius 2 is 2.06 bits per heavy atom. The zero-order chi connectivity index (χ0) is 13.1. The van der Waals surface area contributed by atoms with Gasteiger partial charge in [0, 0.05) is 10.9 Å². The Morgan fingerprint density at radius 3 is 2.67 bits per heavy atom. The molecule has 94 valence electrons. The number of thiophene rings is 1. The molecule has 0 aliphatic heterocycles. The van der Waals surface area contributed by atoms with Gasteiger partial charge in [-0.3, -0.25) is 10.1 Å². The van der Waals surface area contributed by atoms with E-state index >= 15 is 0 Å². The van der Waals surface area contributed by atoms with Gasteiger partial charge < -0.3 is 4.74 Å². The average Bonchev–Trinajstić information content (AvgIpc) is 2.73. The highest BCUT2D eigenvalue weighted by Gasteiger charge is 2.15. The Bertz CT molecular complexity index is 585. The van der Waals surface area contributed by atoms with Crippen molar-refractivity contribution in [3.63, 3.8) is 0 Å². The molecule has 1 aromatic carbocycles. The van der Waals surface area contributed by atoms with Crippen LogP contribution in [0.2, 0.25) is 0 Å². The van der Waals surface area contributed by atoms with Crippen LogP contribution in [-0.4, -0.2) is 4.92 Å². The summed E-state index contributed by atoms with van der Waals surface area (Å²) < 4.78 is 6.96. The Hall–Kier alpha value is -0.920. The molecule has 2 aromatic rings. The average molecular weight is 393 g/mol. The van der Waals surface area contributed by atoms with Crippen LogP contribution < -0.4 is 4.74 Å². The molecule has 0 bridgehead atoms. The van der Waals surface area contributed by atoms with Crippen LogP contribution in [0.5, 0.6) is 5.75 Å². The van der Waals surface area contributed by atoms with Gasteiger partial charge in [-0.2, -0.15) is 0 Å². The predicted octanol–water partition coefficient (Wildman–Crippen LogP) is 4.76. The fraction of sp³-hybridized carbons (Fsp3) is 0.0909. The van der Waals surface area contributed by atoms with Gasteiger partial charge in [-0.1, -0.05) is 6.07 Å². The number of hydrogen-bond acceptors (Lipinski definition) is 4. The first-order chi connectivity index (χ1) is 8.58. The van der Waals surface area contributed by atoms with E-state index in [2.05, 4.69) is 31.9 Å². The van der Waals surface area contributed by atoms with Gasteiger partial charge in [0.05, 0.1) is 8.71 Å². The topological polar surface area (TPSA) is 52.4 Å². The third kappa shape index (κ3) is 3.09. The summed E-state index contributed by atoms with van der Waals surface area (Å²) in [5.41, 5.74) is -0.000129. The summed E-state index contributed by atoms with van der Waals surface area (Å²) in [5, 5.41) is 10.8. The summed E-state index contributed by atoms with van der Waals surface area (Å²) in [7, 11) is 0. The molecule has 18 heavy (non-hydrogen) atoms. The summed E-state index contributed by atoms with van der Waals surface area (Å²) in [6.45, 7) is 0.385. The van der Waals surface area contributed by atoms with Gasteiger partial charge in [-0.15, -0.1) is 11.3 Å². The van der Waals surface area contributed by atoms with Crippen LogP contribution in [0.15, 0.2) is 38.6 Å². The van der Waals surface area contributed by atoms with E-state index in [4.69, 9.17) is 4.74 Å². The van der Waals surface area contributed by atoms with Crippen LogP contribution in [0.1, 0.15) is 4.88 Å². The highest BCUT2D eigenvalue weighted by molar-refractivity contribution is 9.11. The van der Waals surface area contributed by atoms with Crippen LogP contribution in [0, 0.1) is 10.1 Å². The maximum atomic E-state index is 10.8. The minimum absolute atomic E-state index is 0.000129. The van der Waals surface area contributed by atoms with E-state index in [-0.39, 0.29) is 5.69 Å². The van der Waals surface area contributed by atoms with Gasteiger partial charge in [0.2, 0.25) is 0 Å². The quantitative estimate of drug-likeness (QED) is 0.556.